The van der Waals surface area contributed by atoms with Gasteiger partial charge in [0.05, 0.1) is 0 Å². The summed E-state index contributed by atoms with van der Waals surface area (Å²) >= 11 is 1.91. The Hall–Kier alpha value is -0.340. The van der Waals surface area contributed by atoms with Gasteiger partial charge in [0.15, 0.2) is 0 Å². The van der Waals surface area contributed by atoms with Crippen molar-refractivity contribution in [2.24, 2.45) is 5.92 Å². The van der Waals surface area contributed by atoms with Crippen LogP contribution in [0.25, 0.3) is 0 Å². The number of unbranched alkanes of at least 4 members (excludes halogenated alkanes) is 2. The molecule has 1 aliphatic rings. The van der Waals surface area contributed by atoms with Crippen LogP contribution in [0.1, 0.15) is 63.3 Å². The fraction of sp³-hybridized carbons (Fsp3) is 0.733. The van der Waals surface area contributed by atoms with Crippen molar-refractivity contribution in [1.29, 1.82) is 0 Å². The molecular weight excluding hydrogens is 226 g/mol. The summed E-state index contributed by atoms with van der Waals surface area (Å²) in [6.45, 7) is 4.62. The molecule has 1 saturated carbocycles. The number of thiophene rings is 1. The molecule has 1 aliphatic carbocycles. The van der Waals surface area contributed by atoms with Crippen LogP contribution in [0.15, 0.2) is 17.5 Å². The van der Waals surface area contributed by atoms with Crippen molar-refractivity contribution < 1.29 is 0 Å². The minimum atomic E-state index is 0.631. The van der Waals surface area contributed by atoms with E-state index in [1.54, 1.807) is 0 Å². The van der Waals surface area contributed by atoms with Crippen molar-refractivity contribution in [2.45, 2.75) is 64.5 Å². The molecule has 17 heavy (non-hydrogen) atoms. The SMILES string of the molecule is CCCCCC(C)NC(c1cccs1)C1CC1. The molecule has 1 nitrogen and oxygen atoms in total. The maximum absolute atomic E-state index is 3.85. The molecule has 1 aromatic rings. The van der Waals surface area contributed by atoms with Crippen molar-refractivity contribution in [3.05, 3.63) is 22.4 Å². The molecule has 0 saturated heterocycles. The lowest BCUT2D eigenvalue weighted by molar-refractivity contribution is 0.398. The van der Waals surface area contributed by atoms with Gasteiger partial charge in [-0.1, -0.05) is 32.3 Å². The van der Waals surface area contributed by atoms with Gasteiger partial charge in [-0.25, -0.2) is 0 Å². The van der Waals surface area contributed by atoms with E-state index in [4.69, 9.17) is 0 Å². The first kappa shape index (κ1) is 13.1. The highest BCUT2D eigenvalue weighted by atomic mass is 32.1. The Bertz CT molecular complexity index is 303. The molecule has 1 N–H and O–H groups in total. The van der Waals surface area contributed by atoms with E-state index in [0.29, 0.717) is 12.1 Å². The molecule has 0 aliphatic heterocycles. The maximum atomic E-state index is 3.85. The molecule has 1 aromatic heterocycles. The minimum Gasteiger partial charge on any atom is -0.306 e. The van der Waals surface area contributed by atoms with Gasteiger partial charge >= 0.3 is 0 Å². The smallest absolute Gasteiger partial charge is 0.0445 e. The van der Waals surface area contributed by atoms with E-state index in [9.17, 15) is 0 Å². The second kappa shape index (κ2) is 6.55. The van der Waals surface area contributed by atoms with E-state index in [1.807, 2.05) is 11.3 Å². The van der Waals surface area contributed by atoms with Crippen LogP contribution in [0.4, 0.5) is 0 Å². The van der Waals surface area contributed by atoms with E-state index >= 15 is 0 Å². The molecule has 2 atom stereocenters. The van der Waals surface area contributed by atoms with E-state index in [-0.39, 0.29) is 0 Å². The van der Waals surface area contributed by atoms with Crippen LogP contribution in [0, 0.1) is 5.92 Å². The van der Waals surface area contributed by atoms with E-state index in [1.165, 1.54) is 43.4 Å². The first-order valence-corrected chi connectivity index (χ1v) is 7.98. The molecule has 2 heteroatoms. The molecule has 0 bridgehead atoms. The van der Waals surface area contributed by atoms with Crippen LogP contribution in [0.2, 0.25) is 0 Å². The summed E-state index contributed by atoms with van der Waals surface area (Å²) in [7, 11) is 0. The third-order valence-corrected chi connectivity index (χ3v) is 4.60. The lowest BCUT2D eigenvalue weighted by atomic mass is 10.1. The Kier molecular flexibility index (Phi) is 5.05. The fourth-order valence-corrected chi connectivity index (χ4v) is 3.32. The van der Waals surface area contributed by atoms with Gasteiger partial charge in [0, 0.05) is 17.0 Å². The normalized spacial score (nSPS) is 19.2. The summed E-state index contributed by atoms with van der Waals surface area (Å²) in [6, 6.07) is 5.76. The quantitative estimate of drug-likeness (QED) is 0.657. The molecule has 0 radical (unpaired) electrons. The summed E-state index contributed by atoms with van der Waals surface area (Å²) in [5.41, 5.74) is 0. The van der Waals surface area contributed by atoms with Crippen molar-refractivity contribution in [1.82, 2.24) is 5.32 Å². The van der Waals surface area contributed by atoms with Gasteiger partial charge < -0.3 is 5.32 Å². The zero-order valence-corrected chi connectivity index (χ0v) is 11.9. The highest BCUT2D eigenvalue weighted by molar-refractivity contribution is 7.10. The third-order valence-electron chi connectivity index (χ3n) is 3.65. The summed E-state index contributed by atoms with van der Waals surface area (Å²) in [5.74, 6) is 0.905. The molecule has 96 valence electrons. The number of rotatable bonds is 8. The van der Waals surface area contributed by atoms with Crippen LogP contribution in [-0.2, 0) is 0 Å². The van der Waals surface area contributed by atoms with Crippen LogP contribution >= 0.6 is 11.3 Å². The van der Waals surface area contributed by atoms with Crippen molar-refractivity contribution in [3.8, 4) is 0 Å². The Morgan fingerprint density at radius 1 is 1.41 bits per heavy atom. The molecule has 0 spiro atoms. The predicted octanol–water partition coefficient (Wildman–Crippen LogP) is 4.76. The lowest BCUT2D eigenvalue weighted by Crippen LogP contribution is -2.31. The van der Waals surface area contributed by atoms with Gasteiger partial charge in [0.1, 0.15) is 0 Å². The summed E-state index contributed by atoms with van der Waals surface area (Å²) < 4.78 is 0. The number of hydrogen-bond donors (Lipinski definition) is 1. The molecule has 2 unspecified atom stereocenters. The average Bonchev–Trinajstić information content (AvgIpc) is 3.01. The number of hydrogen-bond acceptors (Lipinski definition) is 2. The second-order valence-corrected chi connectivity index (χ2v) is 6.37. The molecular formula is C15H25NS. The fourth-order valence-electron chi connectivity index (χ4n) is 2.44. The maximum Gasteiger partial charge on any atom is 0.0445 e. The standard InChI is InChI=1S/C15H25NS/c1-3-4-5-7-12(2)16-15(13-9-10-13)14-8-6-11-17-14/h6,8,11-13,15-16H,3-5,7,9-10H2,1-2H3. The van der Waals surface area contributed by atoms with Gasteiger partial charge in [-0.15, -0.1) is 11.3 Å². The first-order chi connectivity index (χ1) is 8.31. The zero-order chi connectivity index (χ0) is 12.1. The molecule has 1 fully saturated rings. The third kappa shape index (κ3) is 4.11. The van der Waals surface area contributed by atoms with Crippen molar-refractivity contribution >= 4 is 11.3 Å². The summed E-state index contributed by atoms with van der Waals surface area (Å²) in [6.07, 6.45) is 8.21. The second-order valence-electron chi connectivity index (χ2n) is 5.39. The average molecular weight is 251 g/mol. The highest BCUT2D eigenvalue weighted by Gasteiger charge is 2.33. The molecule has 2 rings (SSSR count). The van der Waals surface area contributed by atoms with Gasteiger partial charge in [0.25, 0.3) is 0 Å². The monoisotopic (exact) mass is 251 g/mol. The molecule has 0 aromatic carbocycles. The Balaban J connectivity index is 1.81. The van der Waals surface area contributed by atoms with Gasteiger partial charge in [-0.05, 0) is 43.6 Å². The zero-order valence-electron chi connectivity index (χ0n) is 11.1. The van der Waals surface area contributed by atoms with Crippen LogP contribution in [-0.4, -0.2) is 6.04 Å². The van der Waals surface area contributed by atoms with Gasteiger partial charge in [-0.2, -0.15) is 0 Å². The Labute approximate surface area is 110 Å². The van der Waals surface area contributed by atoms with Crippen LogP contribution in [0.5, 0.6) is 0 Å². The van der Waals surface area contributed by atoms with Crippen LogP contribution < -0.4 is 5.32 Å². The summed E-state index contributed by atoms with van der Waals surface area (Å²) in [5, 5.41) is 6.05. The first-order valence-electron chi connectivity index (χ1n) is 7.10. The lowest BCUT2D eigenvalue weighted by Gasteiger charge is -2.22. The van der Waals surface area contributed by atoms with E-state index < -0.39 is 0 Å². The van der Waals surface area contributed by atoms with Gasteiger partial charge in [0.2, 0.25) is 0 Å². The van der Waals surface area contributed by atoms with Crippen molar-refractivity contribution in [2.75, 3.05) is 0 Å². The van der Waals surface area contributed by atoms with Crippen molar-refractivity contribution in [3.63, 3.8) is 0 Å². The molecule has 1 heterocycles. The minimum absolute atomic E-state index is 0.631. The number of nitrogens with one attached hydrogen (secondary N) is 1. The Morgan fingerprint density at radius 2 is 2.24 bits per heavy atom. The largest absolute Gasteiger partial charge is 0.306 e. The predicted molar refractivity (Wildman–Crippen MR) is 76.5 cm³/mol. The Morgan fingerprint density at radius 3 is 2.82 bits per heavy atom. The van der Waals surface area contributed by atoms with E-state index in [0.717, 1.165) is 5.92 Å². The molecule has 0 amide bonds. The van der Waals surface area contributed by atoms with Gasteiger partial charge in [-0.3, -0.25) is 0 Å². The summed E-state index contributed by atoms with van der Waals surface area (Å²) in [4.78, 5) is 1.54. The van der Waals surface area contributed by atoms with Crippen LogP contribution in [0.3, 0.4) is 0 Å². The highest BCUT2D eigenvalue weighted by Crippen LogP contribution is 2.42. The van der Waals surface area contributed by atoms with E-state index in [2.05, 4.69) is 36.7 Å². The topological polar surface area (TPSA) is 12.0 Å².